The summed E-state index contributed by atoms with van der Waals surface area (Å²) in [5.74, 6) is -0.170. The third-order valence-corrected chi connectivity index (χ3v) is 4.61. The number of carboxylic acid groups (broad SMARTS) is 1. The highest BCUT2D eigenvalue weighted by Gasteiger charge is 2.35. The third-order valence-electron chi connectivity index (χ3n) is 4.61. The van der Waals surface area contributed by atoms with E-state index in [4.69, 9.17) is 10.8 Å². The van der Waals surface area contributed by atoms with Crippen LogP contribution in [0.15, 0.2) is 30.5 Å². The molecule has 1 atom stereocenters. The highest BCUT2D eigenvalue weighted by molar-refractivity contribution is 6.04. The van der Waals surface area contributed by atoms with Crippen molar-refractivity contribution in [3.8, 4) is 0 Å². The number of aromatic nitrogens is 1. The van der Waals surface area contributed by atoms with Gasteiger partial charge in [0.05, 0.1) is 16.8 Å². The molecule has 3 rings (SSSR count). The Morgan fingerprint density at radius 1 is 1.29 bits per heavy atom. The maximum absolute atomic E-state index is 12.5. The van der Waals surface area contributed by atoms with Gasteiger partial charge in [-0.1, -0.05) is 19.1 Å². The highest BCUT2D eigenvalue weighted by atomic mass is 16.4. The molecule has 1 aliphatic rings. The number of rotatable bonds is 5. The number of carbonyl (C=O) groups is 2. The van der Waals surface area contributed by atoms with Crippen molar-refractivity contribution >= 4 is 17.6 Å². The van der Waals surface area contributed by atoms with E-state index in [9.17, 15) is 9.59 Å². The highest BCUT2D eigenvalue weighted by Crippen LogP contribution is 2.32. The van der Waals surface area contributed by atoms with Crippen LogP contribution in [0.3, 0.4) is 0 Å². The van der Waals surface area contributed by atoms with E-state index in [1.807, 2.05) is 25.3 Å². The second-order valence-corrected chi connectivity index (χ2v) is 6.30. The summed E-state index contributed by atoms with van der Waals surface area (Å²) in [6, 6.07) is 6.82. The second-order valence-electron chi connectivity index (χ2n) is 6.30. The SMILES string of the molecule is CCC1(N)CC(=O)c2c(CCc3ccc(C(=O)O)cc3)c[nH]c2N1. The molecule has 126 valence electrons. The molecule has 0 aliphatic carbocycles. The van der Waals surface area contributed by atoms with Crippen molar-refractivity contribution < 1.29 is 14.7 Å². The van der Waals surface area contributed by atoms with Crippen molar-refractivity contribution in [2.45, 2.75) is 38.3 Å². The van der Waals surface area contributed by atoms with Gasteiger partial charge in [0, 0.05) is 12.6 Å². The minimum Gasteiger partial charge on any atom is -0.478 e. The number of anilines is 1. The minimum absolute atomic E-state index is 0.0607. The average Bonchev–Trinajstić information content (AvgIpc) is 2.96. The number of carboxylic acids is 1. The standard InChI is InChI=1S/C18H21N3O3/c1-2-18(19)9-14(22)15-13(10-20-16(15)21-18)8-5-11-3-6-12(7-4-11)17(23)24/h3-4,6-7,10,20-21H,2,5,8-9,19H2,1H3,(H,23,24). The molecule has 24 heavy (non-hydrogen) atoms. The predicted octanol–water partition coefficient (Wildman–Crippen LogP) is 2.56. The normalized spacial score (nSPS) is 19.7. The monoisotopic (exact) mass is 327 g/mol. The van der Waals surface area contributed by atoms with Gasteiger partial charge in [-0.25, -0.2) is 4.79 Å². The van der Waals surface area contributed by atoms with E-state index in [-0.39, 0.29) is 17.8 Å². The molecular formula is C18H21N3O3. The largest absolute Gasteiger partial charge is 0.478 e. The van der Waals surface area contributed by atoms with Crippen molar-refractivity contribution in [2.75, 3.05) is 5.32 Å². The van der Waals surface area contributed by atoms with Crippen LogP contribution in [0, 0.1) is 0 Å². The number of ketones is 1. The molecular weight excluding hydrogens is 306 g/mol. The maximum Gasteiger partial charge on any atom is 0.335 e. The van der Waals surface area contributed by atoms with Gasteiger partial charge in [0.2, 0.25) is 0 Å². The maximum atomic E-state index is 12.5. The Hall–Kier alpha value is -2.60. The van der Waals surface area contributed by atoms with E-state index in [2.05, 4.69) is 10.3 Å². The summed E-state index contributed by atoms with van der Waals surface area (Å²) in [4.78, 5) is 26.5. The zero-order chi connectivity index (χ0) is 17.3. The van der Waals surface area contributed by atoms with Gasteiger partial charge in [0.15, 0.2) is 5.78 Å². The molecule has 0 bridgehead atoms. The van der Waals surface area contributed by atoms with Gasteiger partial charge in [-0.05, 0) is 42.5 Å². The van der Waals surface area contributed by atoms with Crippen molar-refractivity contribution in [3.63, 3.8) is 0 Å². The lowest BCUT2D eigenvalue weighted by molar-refractivity contribution is 0.0696. The first-order valence-corrected chi connectivity index (χ1v) is 8.04. The molecule has 0 fully saturated rings. The number of nitrogens with two attached hydrogens (primary N) is 1. The molecule has 2 aromatic rings. The molecule has 1 aliphatic heterocycles. The number of Topliss-reactive ketones (excluding diaryl/α,β-unsaturated/α-hetero) is 1. The number of hydrogen-bond donors (Lipinski definition) is 4. The summed E-state index contributed by atoms with van der Waals surface area (Å²) in [5, 5.41) is 12.1. The average molecular weight is 327 g/mol. The molecule has 1 aromatic heterocycles. The van der Waals surface area contributed by atoms with E-state index in [1.165, 1.54) is 0 Å². The van der Waals surface area contributed by atoms with E-state index in [1.54, 1.807) is 12.1 Å². The zero-order valence-corrected chi connectivity index (χ0v) is 13.6. The fourth-order valence-electron chi connectivity index (χ4n) is 3.05. The van der Waals surface area contributed by atoms with Crippen LogP contribution in [0.4, 0.5) is 5.82 Å². The molecule has 1 aromatic carbocycles. The second kappa shape index (κ2) is 6.13. The number of carbonyl (C=O) groups excluding carboxylic acids is 1. The summed E-state index contributed by atoms with van der Waals surface area (Å²) in [6.07, 6.45) is 4.24. The Morgan fingerprint density at radius 2 is 2.00 bits per heavy atom. The summed E-state index contributed by atoms with van der Waals surface area (Å²) >= 11 is 0. The number of fused-ring (bicyclic) bond motifs is 1. The van der Waals surface area contributed by atoms with Crippen molar-refractivity contribution in [1.29, 1.82) is 0 Å². The van der Waals surface area contributed by atoms with E-state index in [0.29, 0.717) is 24.2 Å². The van der Waals surface area contributed by atoms with Crippen molar-refractivity contribution in [1.82, 2.24) is 4.98 Å². The smallest absolute Gasteiger partial charge is 0.335 e. The number of aromatic carboxylic acids is 1. The first-order chi connectivity index (χ1) is 11.4. The van der Waals surface area contributed by atoms with Crippen molar-refractivity contribution in [3.05, 3.63) is 52.7 Å². The van der Waals surface area contributed by atoms with Crippen LogP contribution in [0.5, 0.6) is 0 Å². The van der Waals surface area contributed by atoms with Crippen LogP contribution in [0.1, 0.15) is 51.6 Å². The third kappa shape index (κ3) is 3.05. The molecule has 1 unspecified atom stereocenters. The predicted molar refractivity (Wildman–Crippen MR) is 91.4 cm³/mol. The van der Waals surface area contributed by atoms with E-state index >= 15 is 0 Å². The van der Waals surface area contributed by atoms with Crippen LogP contribution < -0.4 is 11.1 Å². The van der Waals surface area contributed by atoms with Gasteiger partial charge < -0.3 is 21.1 Å². The van der Waals surface area contributed by atoms with Gasteiger partial charge in [0.25, 0.3) is 0 Å². The number of benzene rings is 1. The summed E-state index contributed by atoms with van der Waals surface area (Å²) in [7, 11) is 0. The first kappa shape index (κ1) is 16.3. The molecule has 6 nitrogen and oxygen atoms in total. The Kier molecular flexibility index (Phi) is 4.15. The van der Waals surface area contributed by atoms with E-state index < -0.39 is 11.6 Å². The van der Waals surface area contributed by atoms with Gasteiger partial charge in [0.1, 0.15) is 5.82 Å². The number of aryl methyl sites for hydroxylation is 2. The number of hydrogen-bond acceptors (Lipinski definition) is 4. The summed E-state index contributed by atoms with van der Waals surface area (Å²) in [5.41, 5.74) is 8.47. The van der Waals surface area contributed by atoms with Gasteiger partial charge in [-0.2, -0.15) is 0 Å². The van der Waals surface area contributed by atoms with Crippen LogP contribution >= 0.6 is 0 Å². The Balaban J connectivity index is 1.74. The lowest BCUT2D eigenvalue weighted by Gasteiger charge is -2.33. The molecule has 0 radical (unpaired) electrons. The molecule has 2 heterocycles. The van der Waals surface area contributed by atoms with Gasteiger partial charge in [-0.15, -0.1) is 0 Å². The fraction of sp³-hybridized carbons (Fsp3) is 0.333. The van der Waals surface area contributed by atoms with Crippen LogP contribution in [0.25, 0.3) is 0 Å². The molecule has 5 N–H and O–H groups in total. The molecule has 0 saturated heterocycles. The fourth-order valence-corrected chi connectivity index (χ4v) is 3.05. The molecule has 0 saturated carbocycles. The lowest BCUT2D eigenvalue weighted by Crippen LogP contribution is -2.51. The van der Waals surface area contributed by atoms with Gasteiger partial charge >= 0.3 is 5.97 Å². The molecule has 0 spiro atoms. The van der Waals surface area contributed by atoms with Crippen LogP contribution in [0.2, 0.25) is 0 Å². The number of H-pyrrole nitrogens is 1. The number of nitrogens with one attached hydrogen (secondary N) is 2. The van der Waals surface area contributed by atoms with E-state index in [0.717, 1.165) is 17.5 Å². The topological polar surface area (TPSA) is 108 Å². The van der Waals surface area contributed by atoms with Crippen LogP contribution in [-0.4, -0.2) is 27.5 Å². The Morgan fingerprint density at radius 3 is 2.62 bits per heavy atom. The first-order valence-electron chi connectivity index (χ1n) is 8.04. The Labute approximate surface area is 140 Å². The molecule has 0 amide bonds. The minimum atomic E-state index is -0.931. The zero-order valence-electron chi connectivity index (χ0n) is 13.6. The summed E-state index contributed by atoms with van der Waals surface area (Å²) in [6.45, 7) is 1.95. The number of aromatic amines is 1. The van der Waals surface area contributed by atoms with Crippen LogP contribution in [-0.2, 0) is 12.8 Å². The molecule has 6 heteroatoms. The van der Waals surface area contributed by atoms with Crippen molar-refractivity contribution in [2.24, 2.45) is 5.73 Å². The lowest BCUT2D eigenvalue weighted by atomic mass is 9.90. The Bertz CT molecular complexity index is 779. The quantitative estimate of drug-likeness (QED) is 0.675. The summed E-state index contributed by atoms with van der Waals surface area (Å²) < 4.78 is 0. The van der Waals surface area contributed by atoms with Gasteiger partial charge in [-0.3, -0.25) is 4.79 Å².